The number of carbonyl (C=O) groups is 1. The first-order valence-electron chi connectivity index (χ1n) is 8.59. The summed E-state index contributed by atoms with van der Waals surface area (Å²) in [4.78, 5) is 16.8. The zero-order valence-electron chi connectivity index (χ0n) is 14.7. The maximum Gasteiger partial charge on any atom is 0.228 e. The van der Waals surface area contributed by atoms with E-state index in [9.17, 15) is 4.79 Å². The predicted octanol–water partition coefficient (Wildman–Crippen LogP) is 5.75. The molecule has 0 aliphatic heterocycles. The van der Waals surface area contributed by atoms with Gasteiger partial charge in [0, 0.05) is 15.7 Å². The molecule has 1 aromatic heterocycles. The van der Waals surface area contributed by atoms with Gasteiger partial charge in [-0.3, -0.25) is 4.79 Å². The van der Waals surface area contributed by atoms with Crippen molar-refractivity contribution in [2.24, 2.45) is 0 Å². The fourth-order valence-corrected chi connectivity index (χ4v) is 3.22. The minimum Gasteiger partial charge on any atom is -0.436 e. The van der Waals surface area contributed by atoms with E-state index in [2.05, 4.69) is 26.2 Å². The molecule has 0 aliphatic carbocycles. The summed E-state index contributed by atoms with van der Waals surface area (Å²) < 4.78 is 6.87. The summed E-state index contributed by atoms with van der Waals surface area (Å²) in [5.41, 5.74) is 5.12. The number of nitrogens with one attached hydrogen (secondary N) is 1. The highest BCUT2D eigenvalue weighted by molar-refractivity contribution is 9.10. The molecule has 4 nitrogen and oxygen atoms in total. The van der Waals surface area contributed by atoms with Crippen LogP contribution in [-0.2, 0) is 11.2 Å². The Bertz CT molecular complexity index is 1120. The monoisotopic (exact) mass is 420 g/mol. The molecule has 1 amide bonds. The van der Waals surface area contributed by atoms with E-state index >= 15 is 0 Å². The Balaban J connectivity index is 1.55. The summed E-state index contributed by atoms with van der Waals surface area (Å²) >= 11 is 3.54. The molecule has 0 fully saturated rings. The standard InChI is InChI=1S/C22H17BrN2O2/c1-14-7-8-16(12-18(14)23)22-25-19-13-17(9-10-20(19)27-22)24-21(26)11-15-5-3-2-4-6-15/h2-10,12-13H,11H2,1H3,(H,24,26). The molecule has 0 atom stereocenters. The van der Waals surface area contributed by atoms with E-state index in [1.165, 1.54) is 0 Å². The number of nitrogens with zero attached hydrogens (tertiary/aromatic N) is 1. The third-order valence-electron chi connectivity index (χ3n) is 4.30. The van der Waals surface area contributed by atoms with Crippen molar-refractivity contribution in [1.82, 2.24) is 4.98 Å². The number of oxazole rings is 1. The van der Waals surface area contributed by atoms with Crippen molar-refractivity contribution in [2.45, 2.75) is 13.3 Å². The van der Waals surface area contributed by atoms with Crippen LogP contribution in [0.4, 0.5) is 5.69 Å². The molecule has 0 unspecified atom stereocenters. The lowest BCUT2D eigenvalue weighted by molar-refractivity contribution is -0.115. The van der Waals surface area contributed by atoms with Gasteiger partial charge in [-0.1, -0.05) is 52.3 Å². The summed E-state index contributed by atoms with van der Waals surface area (Å²) in [5, 5.41) is 2.92. The number of rotatable bonds is 4. The highest BCUT2D eigenvalue weighted by Crippen LogP contribution is 2.29. The number of anilines is 1. The number of aromatic nitrogens is 1. The lowest BCUT2D eigenvalue weighted by Gasteiger charge is -2.04. The van der Waals surface area contributed by atoms with Gasteiger partial charge in [-0.2, -0.15) is 0 Å². The Morgan fingerprint density at radius 3 is 2.67 bits per heavy atom. The maximum absolute atomic E-state index is 12.3. The third kappa shape index (κ3) is 3.93. The molecule has 0 bridgehead atoms. The Morgan fingerprint density at radius 2 is 1.89 bits per heavy atom. The normalized spacial score (nSPS) is 10.9. The van der Waals surface area contributed by atoms with Crippen LogP contribution in [0.1, 0.15) is 11.1 Å². The van der Waals surface area contributed by atoms with Crippen molar-refractivity contribution in [3.8, 4) is 11.5 Å². The van der Waals surface area contributed by atoms with Crippen molar-refractivity contribution in [2.75, 3.05) is 5.32 Å². The number of fused-ring (bicyclic) bond motifs is 1. The van der Waals surface area contributed by atoms with E-state index in [4.69, 9.17) is 4.42 Å². The zero-order chi connectivity index (χ0) is 18.8. The number of halogens is 1. The van der Waals surface area contributed by atoms with Crippen LogP contribution in [0.5, 0.6) is 0 Å². The lowest BCUT2D eigenvalue weighted by Crippen LogP contribution is -2.14. The number of hydrogen-bond acceptors (Lipinski definition) is 3. The van der Waals surface area contributed by atoms with Crippen LogP contribution in [-0.4, -0.2) is 10.9 Å². The second kappa shape index (κ2) is 7.37. The lowest BCUT2D eigenvalue weighted by atomic mass is 10.1. The Hall–Kier alpha value is -2.92. The molecular weight excluding hydrogens is 404 g/mol. The summed E-state index contributed by atoms with van der Waals surface area (Å²) in [7, 11) is 0. The third-order valence-corrected chi connectivity index (χ3v) is 5.15. The SMILES string of the molecule is Cc1ccc(-c2nc3cc(NC(=O)Cc4ccccc4)ccc3o2)cc1Br. The number of hydrogen-bond donors (Lipinski definition) is 1. The molecule has 1 N–H and O–H groups in total. The smallest absolute Gasteiger partial charge is 0.228 e. The molecule has 0 saturated heterocycles. The zero-order valence-corrected chi connectivity index (χ0v) is 16.3. The number of benzene rings is 3. The van der Waals surface area contributed by atoms with Gasteiger partial charge < -0.3 is 9.73 Å². The number of aryl methyl sites for hydroxylation is 1. The van der Waals surface area contributed by atoms with E-state index in [0.717, 1.165) is 21.2 Å². The van der Waals surface area contributed by atoms with Crippen LogP contribution in [0, 0.1) is 6.92 Å². The molecule has 4 aromatic rings. The largest absolute Gasteiger partial charge is 0.436 e. The summed E-state index contributed by atoms with van der Waals surface area (Å²) in [5.74, 6) is 0.491. The highest BCUT2D eigenvalue weighted by atomic mass is 79.9. The van der Waals surface area contributed by atoms with E-state index in [0.29, 0.717) is 29.1 Å². The molecule has 0 saturated carbocycles. The molecule has 0 spiro atoms. The Labute approximate surface area is 165 Å². The van der Waals surface area contributed by atoms with Crippen molar-refractivity contribution in [1.29, 1.82) is 0 Å². The quantitative estimate of drug-likeness (QED) is 0.457. The minimum absolute atomic E-state index is 0.0632. The van der Waals surface area contributed by atoms with E-state index in [1.54, 1.807) is 0 Å². The van der Waals surface area contributed by atoms with Gasteiger partial charge in [-0.05, 0) is 48.4 Å². The Morgan fingerprint density at radius 1 is 1.07 bits per heavy atom. The van der Waals surface area contributed by atoms with E-state index < -0.39 is 0 Å². The average Bonchev–Trinajstić information content (AvgIpc) is 3.08. The van der Waals surface area contributed by atoms with E-state index in [-0.39, 0.29) is 5.91 Å². The van der Waals surface area contributed by atoms with Crippen LogP contribution in [0.3, 0.4) is 0 Å². The summed E-state index contributed by atoms with van der Waals surface area (Å²) in [6, 6.07) is 21.1. The summed E-state index contributed by atoms with van der Waals surface area (Å²) in [6.45, 7) is 2.03. The van der Waals surface area contributed by atoms with Crippen LogP contribution < -0.4 is 5.32 Å². The highest BCUT2D eigenvalue weighted by Gasteiger charge is 2.11. The average molecular weight is 421 g/mol. The fraction of sp³-hybridized carbons (Fsp3) is 0.0909. The van der Waals surface area contributed by atoms with E-state index in [1.807, 2.05) is 73.7 Å². The van der Waals surface area contributed by atoms with Gasteiger partial charge in [0.1, 0.15) is 5.52 Å². The van der Waals surface area contributed by atoms with Gasteiger partial charge in [0.15, 0.2) is 5.58 Å². The van der Waals surface area contributed by atoms with Gasteiger partial charge in [0.05, 0.1) is 6.42 Å². The van der Waals surface area contributed by atoms with Crippen molar-refractivity contribution in [3.05, 3.63) is 82.3 Å². The minimum atomic E-state index is -0.0632. The van der Waals surface area contributed by atoms with Crippen molar-refractivity contribution in [3.63, 3.8) is 0 Å². The molecular formula is C22H17BrN2O2. The molecule has 0 radical (unpaired) electrons. The van der Waals surface area contributed by atoms with Gasteiger partial charge in [0.25, 0.3) is 0 Å². The second-order valence-corrected chi connectivity index (χ2v) is 7.23. The molecule has 5 heteroatoms. The molecule has 134 valence electrons. The molecule has 1 heterocycles. The van der Waals surface area contributed by atoms with Crippen molar-refractivity contribution >= 4 is 38.6 Å². The van der Waals surface area contributed by atoms with Gasteiger partial charge in [0.2, 0.25) is 11.8 Å². The van der Waals surface area contributed by atoms with Gasteiger partial charge in [-0.15, -0.1) is 0 Å². The van der Waals surface area contributed by atoms with Crippen LogP contribution in [0.15, 0.2) is 75.6 Å². The first kappa shape index (κ1) is 17.5. The molecule has 27 heavy (non-hydrogen) atoms. The number of carbonyl (C=O) groups excluding carboxylic acids is 1. The Kier molecular flexibility index (Phi) is 4.77. The number of amides is 1. The van der Waals surface area contributed by atoms with Crippen LogP contribution in [0.2, 0.25) is 0 Å². The fourth-order valence-electron chi connectivity index (χ4n) is 2.84. The van der Waals surface area contributed by atoms with Crippen LogP contribution in [0.25, 0.3) is 22.6 Å². The predicted molar refractivity (Wildman–Crippen MR) is 111 cm³/mol. The first-order chi connectivity index (χ1) is 13.1. The second-order valence-electron chi connectivity index (χ2n) is 6.38. The topological polar surface area (TPSA) is 55.1 Å². The van der Waals surface area contributed by atoms with Gasteiger partial charge in [-0.25, -0.2) is 4.98 Å². The van der Waals surface area contributed by atoms with Gasteiger partial charge >= 0.3 is 0 Å². The maximum atomic E-state index is 12.3. The molecule has 4 rings (SSSR count). The first-order valence-corrected chi connectivity index (χ1v) is 9.39. The molecule has 3 aromatic carbocycles. The van der Waals surface area contributed by atoms with Crippen molar-refractivity contribution < 1.29 is 9.21 Å². The van der Waals surface area contributed by atoms with Crippen LogP contribution >= 0.6 is 15.9 Å². The summed E-state index contributed by atoms with van der Waals surface area (Å²) in [6.07, 6.45) is 0.334. The molecule has 0 aliphatic rings.